The van der Waals surface area contributed by atoms with E-state index in [1.807, 2.05) is 19.3 Å². The predicted octanol–water partition coefficient (Wildman–Crippen LogP) is 4.72. The monoisotopic (exact) mass is 405 g/mol. The van der Waals surface area contributed by atoms with E-state index in [1.165, 1.54) is 25.0 Å². The second kappa shape index (κ2) is 7.99. The molecule has 3 aromatic rings. The lowest BCUT2D eigenvalue weighted by atomic mass is 9.85. The molecule has 2 fully saturated rings. The Kier molecular flexibility index (Phi) is 5.19. The van der Waals surface area contributed by atoms with Gasteiger partial charge in [-0.1, -0.05) is 12.8 Å². The van der Waals surface area contributed by atoms with Gasteiger partial charge in [-0.25, -0.2) is 9.50 Å². The van der Waals surface area contributed by atoms with Crippen molar-refractivity contribution in [1.82, 2.24) is 19.6 Å². The molecule has 0 bridgehead atoms. The number of nitrogens with one attached hydrogen (secondary N) is 1. The molecule has 3 aromatic heterocycles. The van der Waals surface area contributed by atoms with Crippen molar-refractivity contribution in [2.75, 3.05) is 5.32 Å². The van der Waals surface area contributed by atoms with Crippen LogP contribution in [0.3, 0.4) is 0 Å². The van der Waals surface area contributed by atoms with E-state index in [4.69, 9.17) is 5.10 Å². The van der Waals surface area contributed by atoms with Gasteiger partial charge in [-0.15, -0.1) is 5.10 Å². The van der Waals surface area contributed by atoms with Gasteiger partial charge in [-0.05, 0) is 75.6 Å². The maximum Gasteiger partial charge on any atom is 0.241 e. The minimum atomic E-state index is -0.162. The van der Waals surface area contributed by atoms with Gasteiger partial charge in [0, 0.05) is 35.1 Å². The van der Waals surface area contributed by atoms with Gasteiger partial charge < -0.3 is 10.4 Å². The molecule has 6 heteroatoms. The second-order valence-electron chi connectivity index (χ2n) is 9.28. The van der Waals surface area contributed by atoms with Crippen LogP contribution in [0.2, 0.25) is 0 Å². The van der Waals surface area contributed by atoms with Gasteiger partial charge in [-0.2, -0.15) is 0 Å². The van der Waals surface area contributed by atoms with Crippen LogP contribution in [0.15, 0.2) is 30.6 Å². The number of aromatic nitrogens is 4. The minimum absolute atomic E-state index is 0.162. The minimum Gasteiger partial charge on any atom is -0.393 e. The number of pyridine rings is 1. The van der Waals surface area contributed by atoms with Crippen LogP contribution in [0, 0.1) is 12.8 Å². The number of fused-ring (bicyclic) bond motifs is 1. The van der Waals surface area contributed by atoms with Crippen molar-refractivity contribution in [3.05, 3.63) is 42.0 Å². The summed E-state index contributed by atoms with van der Waals surface area (Å²) in [6.07, 6.45) is 11.2. The number of anilines is 1. The van der Waals surface area contributed by atoms with E-state index in [1.54, 1.807) is 0 Å². The van der Waals surface area contributed by atoms with E-state index in [0.29, 0.717) is 17.9 Å². The van der Waals surface area contributed by atoms with E-state index in [0.717, 1.165) is 53.9 Å². The Balaban J connectivity index is 1.53. The predicted molar refractivity (Wildman–Crippen MR) is 119 cm³/mol. The number of aliphatic hydroxyl groups excluding tert-OH is 1. The molecule has 2 aliphatic carbocycles. The fourth-order valence-corrected chi connectivity index (χ4v) is 4.82. The molecule has 0 saturated heterocycles. The number of rotatable bonds is 6. The smallest absolute Gasteiger partial charge is 0.241 e. The Bertz CT molecular complexity index is 1030. The third-order valence-electron chi connectivity index (χ3n) is 6.63. The quantitative estimate of drug-likeness (QED) is 0.621. The van der Waals surface area contributed by atoms with Crippen LogP contribution in [-0.2, 0) is 0 Å². The highest BCUT2D eigenvalue weighted by Gasteiger charge is 2.26. The maximum atomic E-state index is 9.97. The summed E-state index contributed by atoms with van der Waals surface area (Å²) < 4.78 is 2.09. The first kappa shape index (κ1) is 19.5. The van der Waals surface area contributed by atoms with Crippen LogP contribution in [0.25, 0.3) is 16.6 Å². The molecule has 3 heterocycles. The average Bonchev–Trinajstić information content (AvgIpc) is 3.46. The molecule has 0 spiro atoms. The first-order valence-corrected chi connectivity index (χ1v) is 11.3. The van der Waals surface area contributed by atoms with Crippen LogP contribution in [0.1, 0.15) is 69.2 Å². The third kappa shape index (κ3) is 4.06. The van der Waals surface area contributed by atoms with E-state index >= 15 is 0 Å². The summed E-state index contributed by atoms with van der Waals surface area (Å²) in [5, 5.41) is 18.4. The molecule has 158 valence electrons. The van der Waals surface area contributed by atoms with Gasteiger partial charge in [0.05, 0.1) is 17.8 Å². The Hall–Kier alpha value is -2.47. The van der Waals surface area contributed by atoms with Gasteiger partial charge in [0.1, 0.15) is 0 Å². The second-order valence-corrected chi connectivity index (χ2v) is 9.28. The van der Waals surface area contributed by atoms with Crippen molar-refractivity contribution >= 4 is 11.5 Å². The molecule has 0 amide bonds. The van der Waals surface area contributed by atoms with E-state index in [9.17, 15) is 5.11 Å². The molecule has 0 unspecified atom stereocenters. The van der Waals surface area contributed by atoms with Crippen molar-refractivity contribution in [1.29, 1.82) is 0 Å². The molecule has 0 aliphatic heterocycles. The fraction of sp³-hybridized carbons (Fsp3) is 0.542. The maximum absolute atomic E-state index is 9.97. The topological polar surface area (TPSA) is 75.3 Å². The summed E-state index contributed by atoms with van der Waals surface area (Å²) in [7, 11) is 0. The normalized spacial score (nSPS) is 22.9. The molecule has 30 heavy (non-hydrogen) atoms. The standard InChI is InChI=1S/C24H31N5O/c1-15-12-19(9-10-25-15)21-13-22(18-5-7-20(30)8-6-18)29-23(21)14-26-24(28-29)27-16(2)11-17-3-4-17/h9-10,12-14,16-18,20,30H,3-8,11H2,1-2H3,(H,27,28)/t16-,18-,20-/m0/s1. The van der Waals surface area contributed by atoms with E-state index in [2.05, 4.69) is 44.9 Å². The van der Waals surface area contributed by atoms with Gasteiger partial charge in [-0.3, -0.25) is 4.98 Å². The van der Waals surface area contributed by atoms with Gasteiger partial charge in [0.15, 0.2) is 0 Å². The highest BCUT2D eigenvalue weighted by molar-refractivity contribution is 5.81. The Labute approximate surface area is 177 Å². The zero-order chi connectivity index (χ0) is 20.7. The zero-order valence-corrected chi connectivity index (χ0v) is 17.9. The van der Waals surface area contributed by atoms with Crippen LogP contribution < -0.4 is 5.32 Å². The molecule has 0 radical (unpaired) electrons. The molecule has 5 rings (SSSR count). The molecule has 6 nitrogen and oxygen atoms in total. The summed E-state index contributed by atoms with van der Waals surface area (Å²) in [5.41, 5.74) is 5.55. The molecule has 2 N–H and O–H groups in total. The van der Waals surface area contributed by atoms with Crippen LogP contribution in [0.4, 0.5) is 5.95 Å². The van der Waals surface area contributed by atoms with Gasteiger partial charge >= 0.3 is 0 Å². The van der Waals surface area contributed by atoms with Crippen molar-refractivity contribution in [3.8, 4) is 11.1 Å². The molecule has 2 aliphatic rings. The van der Waals surface area contributed by atoms with Crippen molar-refractivity contribution < 1.29 is 5.11 Å². The van der Waals surface area contributed by atoms with Gasteiger partial charge in [0.2, 0.25) is 5.95 Å². The largest absolute Gasteiger partial charge is 0.393 e. The first-order chi connectivity index (χ1) is 14.6. The van der Waals surface area contributed by atoms with Crippen LogP contribution in [0.5, 0.6) is 0 Å². The fourth-order valence-electron chi connectivity index (χ4n) is 4.82. The SMILES string of the molecule is Cc1cc(-c2cc([C@H]3CC[C@H](O)CC3)n3nc(N[C@@H](C)CC4CC4)ncc23)ccn1. The summed E-state index contributed by atoms with van der Waals surface area (Å²) in [6, 6.07) is 6.83. The Morgan fingerprint density at radius 3 is 2.67 bits per heavy atom. The number of hydrogen-bond donors (Lipinski definition) is 2. The van der Waals surface area contributed by atoms with E-state index < -0.39 is 0 Å². The summed E-state index contributed by atoms with van der Waals surface area (Å²) >= 11 is 0. The molecule has 1 atom stereocenters. The number of aryl methyl sites for hydroxylation is 1. The Morgan fingerprint density at radius 2 is 1.93 bits per heavy atom. The first-order valence-electron chi connectivity index (χ1n) is 11.3. The lowest BCUT2D eigenvalue weighted by molar-refractivity contribution is 0.121. The van der Waals surface area contributed by atoms with Crippen molar-refractivity contribution in [3.63, 3.8) is 0 Å². The number of nitrogens with zero attached hydrogens (tertiary/aromatic N) is 4. The summed E-state index contributed by atoms with van der Waals surface area (Å²) in [6.45, 7) is 4.24. The third-order valence-corrected chi connectivity index (χ3v) is 6.63. The van der Waals surface area contributed by atoms with Gasteiger partial charge in [0.25, 0.3) is 0 Å². The average molecular weight is 406 g/mol. The van der Waals surface area contributed by atoms with Crippen LogP contribution >= 0.6 is 0 Å². The lowest BCUT2D eigenvalue weighted by Gasteiger charge is -2.25. The molecular formula is C24H31N5O. The summed E-state index contributed by atoms with van der Waals surface area (Å²) in [4.78, 5) is 9.00. The molecular weight excluding hydrogens is 374 g/mol. The van der Waals surface area contributed by atoms with Crippen LogP contribution in [-0.4, -0.2) is 36.8 Å². The molecule has 0 aromatic carbocycles. The molecule has 2 saturated carbocycles. The van der Waals surface area contributed by atoms with E-state index in [-0.39, 0.29) is 6.10 Å². The van der Waals surface area contributed by atoms with Crippen molar-refractivity contribution in [2.45, 2.75) is 76.9 Å². The highest BCUT2D eigenvalue weighted by Crippen LogP contribution is 2.38. The Morgan fingerprint density at radius 1 is 1.13 bits per heavy atom. The van der Waals surface area contributed by atoms with Crippen molar-refractivity contribution in [2.24, 2.45) is 5.92 Å². The number of aliphatic hydroxyl groups is 1. The zero-order valence-electron chi connectivity index (χ0n) is 17.9. The highest BCUT2D eigenvalue weighted by atomic mass is 16.3. The lowest BCUT2D eigenvalue weighted by Crippen LogP contribution is -2.20. The summed E-state index contributed by atoms with van der Waals surface area (Å²) in [5.74, 6) is 1.97. The number of hydrogen-bond acceptors (Lipinski definition) is 5.